The SMILES string of the molecule is CCC1CCc2n[nH]nc2C1. The van der Waals surface area contributed by atoms with Gasteiger partial charge in [-0.15, -0.1) is 0 Å². The lowest BCUT2D eigenvalue weighted by Gasteiger charge is -2.17. The molecule has 3 nitrogen and oxygen atoms in total. The van der Waals surface area contributed by atoms with Crippen LogP contribution in [-0.2, 0) is 12.8 Å². The van der Waals surface area contributed by atoms with Crippen molar-refractivity contribution in [2.45, 2.75) is 32.6 Å². The number of nitrogens with one attached hydrogen (secondary N) is 1. The van der Waals surface area contributed by atoms with Gasteiger partial charge in [-0.05, 0) is 25.2 Å². The van der Waals surface area contributed by atoms with Gasteiger partial charge in [-0.1, -0.05) is 13.3 Å². The van der Waals surface area contributed by atoms with Gasteiger partial charge in [-0.3, -0.25) is 0 Å². The van der Waals surface area contributed by atoms with E-state index in [-0.39, 0.29) is 0 Å². The van der Waals surface area contributed by atoms with E-state index in [1.165, 1.54) is 24.2 Å². The first kappa shape index (κ1) is 6.83. The minimum absolute atomic E-state index is 0.840. The van der Waals surface area contributed by atoms with E-state index in [4.69, 9.17) is 0 Å². The quantitative estimate of drug-likeness (QED) is 0.657. The lowest BCUT2D eigenvalue weighted by Crippen LogP contribution is -2.12. The minimum Gasteiger partial charge on any atom is -0.197 e. The normalized spacial score (nSPS) is 23.2. The predicted octanol–water partition coefficient (Wildman–Crippen LogP) is 1.32. The monoisotopic (exact) mass is 151 g/mol. The second kappa shape index (κ2) is 2.64. The van der Waals surface area contributed by atoms with Crippen LogP contribution in [0.2, 0.25) is 0 Å². The minimum atomic E-state index is 0.840. The van der Waals surface area contributed by atoms with Crippen LogP contribution in [0.25, 0.3) is 0 Å². The summed E-state index contributed by atoms with van der Waals surface area (Å²) in [4.78, 5) is 0. The zero-order chi connectivity index (χ0) is 7.68. The van der Waals surface area contributed by atoms with Gasteiger partial charge in [0.1, 0.15) is 0 Å². The molecular weight excluding hydrogens is 138 g/mol. The molecule has 1 unspecified atom stereocenters. The predicted molar refractivity (Wildman–Crippen MR) is 42.2 cm³/mol. The molecule has 11 heavy (non-hydrogen) atoms. The number of aromatic amines is 1. The summed E-state index contributed by atoms with van der Waals surface area (Å²) in [6, 6.07) is 0. The van der Waals surface area contributed by atoms with E-state index < -0.39 is 0 Å². The first-order valence-electron chi connectivity index (χ1n) is 4.28. The highest BCUT2D eigenvalue weighted by Crippen LogP contribution is 2.23. The average molecular weight is 151 g/mol. The van der Waals surface area contributed by atoms with Crippen molar-refractivity contribution in [1.82, 2.24) is 15.4 Å². The number of aromatic nitrogens is 3. The summed E-state index contributed by atoms with van der Waals surface area (Å²) >= 11 is 0. The van der Waals surface area contributed by atoms with Crippen LogP contribution in [0.1, 0.15) is 31.2 Å². The van der Waals surface area contributed by atoms with Gasteiger partial charge in [0.15, 0.2) is 0 Å². The molecule has 0 aromatic carbocycles. The molecular formula is C8H13N3. The zero-order valence-corrected chi connectivity index (χ0v) is 6.80. The zero-order valence-electron chi connectivity index (χ0n) is 6.80. The van der Waals surface area contributed by atoms with Gasteiger partial charge < -0.3 is 0 Å². The van der Waals surface area contributed by atoms with Gasteiger partial charge in [-0.25, -0.2) is 0 Å². The average Bonchev–Trinajstić information content (AvgIpc) is 2.50. The van der Waals surface area contributed by atoms with E-state index in [9.17, 15) is 0 Å². The molecule has 2 rings (SSSR count). The molecule has 0 saturated carbocycles. The lowest BCUT2D eigenvalue weighted by atomic mass is 9.88. The third-order valence-electron chi connectivity index (χ3n) is 2.55. The number of hydrogen-bond donors (Lipinski definition) is 1. The number of fused-ring (bicyclic) bond motifs is 1. The molecule has 1 aromatic rings. The summed E-state index contributed by atoms with van der Waals surface area (Å²) in [6.45, 7) is 2.25. The molecule has 0 saturated heterocycles. The maximum atomic E-state index is 4.12. The molecule has 1 aromatic heterocycles. The third-order valence-corrected chi connectivity index (χ3v) is 2.55. The van der Waals surface area contributed by atoms with Crippen molar-refractivity contribution in [3.05, 3.63) is 11.4 Å². The van der Waals surface area contributed by atoms with Crippen molar-refractivity contribution in [3.8, 4) is 0 Å². The Morgan fingerprint density at radius 3 is 3.09 bits per heavy atom. The van der Waals surface area contributed by atoms with Crippen LogP contribution in [0.4, 0.5) is 0 Å². The van der Waals surface area contributed by atoms with Gasteiger partial charge in [0.25, 0.3) is 0 Å². The molecule has 0 fully saturated rings. The summed E-state index contributed by atoms with van der Waals surface area (Å²) in [5.41, 5.74) is 2.39. The molecule has 1 atom stereocenters. The standard InChI is InChI=1S/C8H13N3/c1-2-6-3-4-7-8(5-6)10-11-9-7/h6H,2-5H2,1H3,(H,9,10,11). The Kier molecular flexibility index (Phi) is 1.64. The van der Waals surface area contributed by atoms with Gasteiger partial charge in [0, 0.05) is 0 Å². The first-order valence-corrected chi connectivity index (χ1v) is 4.28. The highest BCUT2D eigenvalue weighted by molar-refractivity contribution is 5.12. The number of hydrogen-bond acceptors (Lipinski definition) is 2. The molecule has 0 amide bonds. The largest absolute Gasteiger partial charge is 0.197 e. The van der Waals surface area contributed by atoms with Gasteiger partial charge in [0.05, 0.1) is 11.4 Å². The number of aryl methyl sites for hydroxylation is 1. The van der Waals surface area contributed by atoms with Crippen molar-refractivity contribution in [3.63, 3.8) is 0 Å². The van der Waals surface area contributed by atoms with E-state index in [1.54, 1.807) is 0 Å². The van der Waals surface area contributed by atoms with E-state index in [0.29, 0.717) is 0 Å². The number of nitrogens with zero attached hydrogens (tertiary/aromatic N) is 2. The van der Waals surface area contributed by atoms with E-state index in [1.807, 2.05) is 0 Å². The van der Waals surface area contributed by atoms with Gasteiger partial charge >= 0.3 is 0 Å². The maximum Gasteiger partial charge on any atom is 0.0859 e. The van der Waals surface area contributed by atoms with E-state index in [0.717, 1.165) is 18.8 Å². The van der Waals surface area contributed by atoms with Crippen molar-refractivity contribution < 1.29 is 0 Å². The molecule has 0 aliphatic heterocycles. The van der Waals surface area contributed by atoms with Crippen LogP contribution in [0.5, 0.6) is 0 Å². The van der Waals surface area contributed by atoms with Crippen molar-refractivity contribution >= 4 is 0 Å². The summed E-state index contributed by atoms with van der Waals surface area (Å²) < 4.78 is 0. The Labute approximate surface area is 66.2 Å². The van der Waals surface area contributed by atoms with Crippen molar-refractivity contribution in [2.24, 2.45) is 5.92 Å². The molecule has 0 radical (unpaired) electrons. The molecule has 1 aliphatic carbocycles. The molecule has 1 N–H and O–H groups in total. The van der Waals surface area contributed by atoms with Crippen molar-refractivity contribution in [1.29, 1.82) is 0 Å². The van der Waals surface area contributed by atoms with Gasteiger partial charge in [0.2, 0.25) is 0 Å². The highest BCUT2D eigenvalue weighted by Gasteiger charge is 2.19. The fourth-order valence-corrected chi connectivity index (χ4v) is 1.70. The smallest absolute Gasteiger partial charge is 0.0859 e. The fourth-order valence-electron chi connectivity index (χ4n) is 1.70. The fraction of sp³-hybridized carbons (Fsp3) is 0.750. The van der Waals surface area contributed by atoms with Crippen LogP contribution < -0.4 is 0 Å². The van der Waals surface area contributed by atoms with E-state index >= 15 is 0 Å². The van der Waals surface area contributed by atoms with Crippen LogP contribution in [0, 0.1) is 5.92 Å². The molecule has 1 heterocycles. The summed E-state index contributed by atoms with van der Waals surface area (Å²) in [7, 11) is 0. The third kappa shape index (κ3) is 1.15. The molecule has 0 bridgehead atoms. The molecule has 3 heteroatoms. The van der Waals surface area contributed by atoms with Crippen molar-refractivity contribution in [2.75, 3.05) is 0 Å². The van der Waals surface area contributed by atoms with Gasteiger partial charge in [-0.2, -0.15) is 15.4 Å². The summed E-state index contributed by atoms with van der Waals surface area (Å²) in [5.74, 6) is 0.840. The topological polar surface area (TPSA) is 41.6 Å². The van der Waals surface area contributed by atoms with Crippen LogP contribution in [0.3, 0.4) is 0 Å². The molecule has 0 spiro atoms. The van der Waals surface area contributed by atoms with E-state index in [2.05, 4.69) is 22.3 Å². The Bertz CT molecular complexity index is 241. The number of rotatable bonds is 1. The Morgan fingerprint density at radius 1 is 1.45 bits per heavy atom. The Morgan fingerprint density at radius 2 is 2.27 bits per heavy atom. The lowest BCUT2D eigenvalue weighted by molar-refractivity contribution is 0.438. The Hall–Kier alpha value is -0.860. The maximum absolute atomic E-state index is 4.12. The first-order chi connectivity index (χ1) is 5.40. The second-order valence-electron chi connectivity index (χ2n) is 3.23. The second-order valence-corrected chi connectivity index (χ2v) is 3.23. The van der Waals surface area contributed by atoms with Crippen LogP contribution in [0.15, 0.2) is 0 Å². The summed E-state index contributed by atoms with van der Waals surface area (Å²) in [6.07, 6.45) is 4.80. The number of H-pyrrole nitrogens is 1. The summed E-state index contributed by atoms with van der Waals surface area (Å²) in [5, 5.41) is 10.9. The highest BCUT2D eigenvalue weighted by atomic mass is 15.3. The molecule has 1 aliphatic rings. The Balaban J connectivity index is 2.18. The molecule has 60 valence electrons. The van der Waals surface area contributed by atoms with Crippen LogP contribution >= 0.6 is 0 Å². The van der Waals surface area contributed by atoms with Crippen LogP contribution in [-0.4, -0.2) is 15.4 Å².